The number of thioether (sulfide) groups is 1. The van der Waals surface area contributed by atoms with Gasteiger partial charge in [-0.05, 0) is 43.6 Å². The number of rotatable bonds is 6. The Balaban J connectivity index is 2.54. The molecule has 0 amide bonds. The van der Waals surface area contributed by atoms with Gasteiger partial charge in [0.2, 0.25) is 0 Å². The molecule has 0 radical (unpaired) electrons. The lowest BCUT2D eigenvalue weighted by Crippen LogP contribution is -2.34. The number of methoxy groups -OCH3 is 1. The molecule has 0 saturated heterocycles. The van der Waals surface area contributed by atoms with Gasteiger partial charge in [0.15, 0.2) is 0 Å². The van der Waals surface area contributed by atoms with Crippen molar-refractivity contribution in [1.82, 2.24) is 0 Å². The highest BCUT2D eigenvalue weighted by atomic mass is 32.2. The van der Waals surface area contributed by atoms with Gasteiger partial charge in [-0.15, -0.1) is 0 Å². The lowest BCUT2D eigenvalue weighted by atomic mass is 9.75. The fourth-order valence-corrected chi connectivity index (χ4v) is 3.41. The molecule has 1 rings (SSSR count). The van der Waals surface area contributed by atoms with Gasteiger partial charge in [0.05, 0.1) is 12.5 Å². The van der Waals surface area contributed by atoms with Gasteiger partial charge in [0.25, 0.3) is 0 Å². The van der Waals surface area contributed by atoms with Crippen LogP contribution in [0.4, 0.5) is 0 Å². The van der Waals surface area contributed by atoms with Crippen LogP contribution in [-0.4, -0.2) is 25.1 Å². The van der Waals surface area contributed by atoms with E-state index < -0.39 is 0 Å². The van der Waals surface area contributed by atoms with E-state index in [-0.39, 0.29) is 11.4 Å². The van der Waals surface area contributed by atoms with E-state index in [1.165, 1.54) is 32.1 Å². The molecule has 0 aromatic heterocycles. The lowest BCUT2D eigenvalue weighted by molar-refractivity contribution is -0.155. The van der Waals surface area contributed by atoms with Crippen LogP contribution in [0, 0.1) is 11.3 Å². The quantitative estimate of drug-likeness (QED) is 0.528. The second-order valence-electron chi connectivity index (χ2n) is 4.89. The molecule has 0 spiro atoms. The van der Waals surface area contributed by atoms with E-state index >= 15 is 0 Å². The van der Waals surface area contributed by atoms with Gasteiger partial charge in [-0.25, -0.2) is 0 Å². The Kier molecular flexibility index (Phi) is 5.67. The maximum absolute atomic E-state index is 12.0. The molecular formula is C13H24O2S. The number of hydrogen-bond acceptors (Lipinski definition) is 3. The Bertz CT molecular complexity index is 230. The largest absolute Gasteiger partial charge is 0.469 e. The molecule has 1 aliphatic rings. The summed E-state index contributed by atoms with van der Waals surface area (Å²) in [6, 6.07) is 0. The van der Waals surface area contributed by atoms with Crippen molar-refractivity contribution < 1.29 is 9.53 Å². The Labute approximate surface area is 104 Å². The first-order valence-electron chi connectivity index (χ1n) is 6.24. The monoisotopic (exact) mass is 244 g/mol. The zero-order valence-corrected chi connectivity index (χ0v) is 11.6. The molecular weight excluding hydrogens is 220 g/mol. The van der Waals surface area contributed by atoms with Crippen molar-refractivity contribution in [2.45, 2.75) is 45.4 Å². The first kappa shape index (κ1) is 13.9. The third kappa shape index (κ3) is 2.93. The molecule has 2 unspecified atom stereocenters. The van der Waals surface area contributed by atoms with Gasteiger partial charge >= 0.3 is 5.97 Å². The molecule has 0 aromatic rings. The highest BCUT2D eigenvalue weighted by Gasteiger charge is 2.46. The van der Waals surface area contributed by atoms with Crippen LogP contribution < -0.4 is 0 Å². The predicted molar refractivity (Wildman–Crippen MR) is 69.7 cm³/mol. The number of carbonyl (C=O) groups excluding carboxylic acids is 1. The molecule has 0 N–H and O–H groups in total. The molecule has 3 heteroatoms. The van der Waals surface area contributed by atoms with Crippen molar-refractivity contribution in [3.63, 3.8) is 0 Å². The van der Waals surface area contributed by atoms with Crippen LogP contribution in [0.25, 0.3) is 0 Å². The summed E-state index contributed by atoms with van der Waals surface area (Å²) in [4.78, 5) is 12.0. The van der Waals surface area contributed by atoms with E-state index in [0.29, 0.717) is 5.92 Å². The predicted octanol–water partition coefficient (Wildman–Crippen LogP) is 3.50. The standard InChI is InChI=1S/C13H24O2S/c1-11-7-6-9-13(11,12(14)15-2)8-4-5-10-16-3/h11H,4-10H2,1-3H3. The van der Waals surface area contributed by atoms with E-state index in [9.17, 15) is 4.79 Å². The minimum Gasteiger partial charge on any atom is -0.469 e. The topological polar surface area (TPSA) is 26.3 Å². The highest BCUT2D eigenvalue weighted by Crippen LogP contribution is 2.47. The SMILES string of the molecule is COC(=O)C1(CCCCSC)CCCC1C. The summed E-state index contributed by atoms with van der Waals surface area (Å²) in [5.74, 6) is 1.72. The van der Waals surface area contributed by atoms with Crippen molar-refractivity contribution in [2.75, 3.05) is 19.1 Å². The molecule has 16 heavy (non-hydrogen) atoms. The maximum Gasteiger partial charge on any atom is 0.312 e. The summed E-state index contributed by atoms with van der Waals surface area (Å²) in [5.41, 5.74) is -0.160. The van der Waals surface area contributed by atoms with Gasteiger partial charge < -0.3 is 4.74 Å². The zero-order chi connectivity index (χ0) is 12.0. The van der Waals surface area contributed by atoms with E-state index in [0.717, 1.165) is 19.3 Å². The lowest BCUT2D eigenvalue weighted by Gasteiger charge is -2.30. The molecule has 0 bridgehead atoms. The van der Waals surface area contributed by atoms with Crippen molar-refractivity contribution in [3.8, 4) is 0 Å². The van der Waals surface area contributed by atoms with Crippen LogP contribution in [-0.2, 0) is 9.53 Å². The number of carbonyl (C=O) groups is 1. The Morgan fingerprint density at radius 1 is 1.50 bits per heavy atom. The van der Waals surface area contributed by atoms with Crippen LogP contribution in [0.2, 0.25) is 0 Å². The summed E-state index contributed by atoms with van der Waals surface area (Å²) in [5, 5.41) is 0. The van der Waals surface area contributed by atoms with Crippen molar-refractivity contribution >= 4 is 17.7 Å². The first-order valence-corrected chi connectivity index (χ1v) is 7.64. The second-order valence-corrected chi connectivity index (χ2v) is 5.88. The number of ether oxygens (including phenoxy) is 1. The van der Waals surface area contributed by atoms with Crippen LogP contribution in [0.5, 0.6) is 0 Å². The van der Waals surface area contributed by atoms with E-state index in [1.54, 1.807) is 0 Å². The zero-order valence-electron chi connectivity index (χ0n) is 10.8. The molecule has 0 aliphatic heterocycles. The maximum atomic E-state index is 12.0. The van der Waals surface area contributed by atoms with E-state index in [4.69, 9.17) is 4.74 Å². The summed E-state index contributed by atoms with van der Waals surface area (Å²) in [6.07, 6.45) is 8.90. The molecule has 0 heterocycles. The van der Waals surface area contributed by atoms with Crippen molar-refractivity contribution in [3.05, 3.63) is 0 Å². The number of hydrogen-bond donors (Lipinski definition) is 0. The van der Waals surface area contributed by atoms with Gasteiger partial charge in [0, 0.05) is 0 Å². The second kappa shape index (κ2) is 6.53. The van der Waals surface area contributed by atoms with Gasteiger partial charge in [-0.3, -0.25) is 4.79 Å². The molecule has 0 aromatic carbocycles. The summed E-state index contributed by atoms with van der Waals surface area (Å²) in [6.45, 7) is 2.21. The minimum atomic E-state index is -0.160. The summed E-state index contributed by atoms with van der Waals surface area (Å²) in [7, 11) is 1.52. The van der Waals surface area contributed by atoms with Crippen LogP contribution in [0.1, 0.15) is 45.4 Å². The van der Waals surface area contributed by atoms with Gasteiger partial charge in [0.1, 0.15) is 0 Å². The molecule has 1 aliphatic carbocycles. The van der Waals surface area contributed by atoms with Crippen molar-refractivity contribution in [1.29, 1.82) is 0 Å². The Morgan fingerprint density at radius 3 is 2.75 bits per heavy atom. The molecule has 2 atom stereocenters. The first-order chi connectivity index (χ1) is 7.67. The van der Waals surface area contributed by atoms with Crippen LogP contribution >= 0.6 is 11.8 Å². The van der Waals surface area contributed by atoms with Gasteiger partial charge in [-0.1, -0.05) is 19.8 Å². The molecule has 94 valence electrons. The third-order valence-corrected chi connectivity index (χ3v) is 4.71. The fourth-order valence-electron chi connectivity index (χ4n) is 2.91. The smallest absolute Gasteiger partial charge is 0.312 e. The average molecular weight is 244 g/mol. The number of esters is 1. The fraction of sp³-hybridized carbons (Fsp3) is 0.923. The molecule has 1 saturated carbocycles. The van der Waals surface area contributed by atoms with Crippen molar-refractivity contribution in [2.24, 2.45) is 11.3 Å². The van der Waals surface area contributed by atoms with Crippen LogP contribution in [0.3, 0.4) is 0 Å². The molecule has 2 nitrogen and oxygen atoms in total. The molecule has 1 fully saturated rings. The van der Waals surface area contributed by atoms with E-state index in [1.807, 2.05) is 11.8 Å². The summed E-state index contributed by atoms with van der Waals surface area (Å²) < 4.78 is 5.02. The average Bonchev–Trinajstić information content (AvgIpc) is 2.66. The van der Waals surface area contributed by atoms with Crippen LogP contribution in [0.15, 0.2) is 0 Å². The minimum absolute atomic E-state index is 0.0293. The highest BCUT2D eigenvalue weighted by molar-refractivity contribution is 7.98. The normalized spacial score (nSPS) is 29.3. The van der Waals surface area contributed by atoms with E-state index in [2.05, 4.69) is 13.2 Å². The summed E-state index contributed by atoms with van der Waals surface area (Å²) >= 11 is 1.88. The van der Waals surface area contributed by atoms with Gasteiger partial charge in [-0.2, -0.15) is 11.8 Å². The number of unbranched alkanes of at least 4 members (excludes halogenated alkanes) is 1. The third-order valence-electron chi connectivity index (χ3n) is 4.02. The Morgan fingerprint density at radius 2 is 2.25 bits per heavy atom. The Hall–Kier alpha value is -0.180.